The first-order valence-corrected chi connectivity index (χ1v) is 8.33. The third-order valence-corrected chi connectivity index (χ3v) is 4.74. The van der Waals surface area contributed by atoms with E-state index in [1.54, 1.807) is 18.1 Å². The summed E-state index contributed by atoms with van der Waals surface area (Å²) < 4.78 is 2.06. The van der Waals surface area contributed by atoms with E-state index in [-0.39, 0.29) is 6.04 Å². The Morgan fingerprint density at radius 3 is 2.65 bits per heavy atom. The van der Waals surface area contributed by atoms with E-state index in [2.05, 4.69) is 39.9 Å². The van der Waals surface area contributed by atoms with Crippen LogP contribution in [0.1, 0.15) is 29.7 Å². The lowest BCUT2D eigenvalue weighted by Gasteiger charge is -2.15. The monoisotopic (exact) mass is 320 g/mol. The van der Waals surface area contributed by atoms with Gasteiger partial charge in [-0.25, -0.2) is 0 Å². The molecule has 0 aliphatic heterocycles. The van der Waals surface area contributed by atoms with Crippen molar-refractivity contribution in [3.63, 3.8) is 0 Å². The minimum absolute atomic E-state index is 0.167. The molecule has 0 fully saturated rings. The predicted octanol–water partition coefficient (Wildman–Crippen LogP) is 4.05. The molecule has 3 rings (SSSR count). The van der Waals surface area contributed by atoms with Crippen molar-refractivity contribution in [3.8, 4) is 6.07 Å². The lowest BCUT2D eigenvalue weighted by atomic mass is 10.1. The number of benzene rings is 2. The number of thioether (sulfide) groups is 1. The lowest BCUT2D eigenvalue weighted by molar-refractivity contribution is 0.582. The molecule has 0 bridgehead atoms. The van der Waals surface area contributed by atoms with Gasteiger partial charge in [0.25, 0.3) is 0 Å². The zero-order valence-corrected chi connectivity index (χ0v) is 13.6. The minimum Gasteiger partial charge on any atom is -0.301 e. The molecule has 0 radical (unpaired) electrons. The summed E-state index contributed by atoms with van der Waals surface area (Å²) in [7, 11) is 0. The van der Waals surface area contributed by atoms with Crippen molar-refractivity contribution >= 4 is 11.8 Å². The fourth-order valence-corrected chi connectivity index (χ4v) is 3.39. The normalized spacial score (nSPS) is 11.8. The van der Waals surface area contributed by atoms with Crippen molar-refractivity contribution in [2.75, 3.05) is 0 Å². The fraction of sp³-hybridized carbons (Fsp3) is 0.167. The average Bonchev–Trinajstić information content (AvgIpc) is 3.08. The van der Waals surface area contributed by atoms with Gasteiger partial charge in [-0.3, -0.25) is 0 Å². The van der Waals surface area contributed by atoms with Gasteiger partial charge < -0.3 is 4.57 Å². The van der Waals surface area contributed by atoms with E-state index < -0.39 is 0 Å². The molecule has 23 heavy (non-hydrogen) atoms. The van der Waals surface area contributed by atoms with Crippen LogP contribution in [0.2, 0.25) is 0 Å². The SMILES string of the molecule is CC(c1ccccc1)n1cnnc1SCc1ccccc1C#N. The van der Waals surface area contributed by atoms with Crippen LogP contribution < -0.4 is 0 Å². The summed E-state index contributed by atoms with van der Waals surface area (Å²) in [6.07, 6.45) is 1.76. The second-order valence-corrected chi connectivity index (χ2v) is 6.11. The van der Waals surface area contributed by atoms with Crippen LogP contribution in [-0.4, -0.2) is 14.8 Å². The van der Waals surface area contributed by atoms with Crippen molar-refractivity contribution in [2.45, 2.75) is 23.9 Å². The van der Waals surface area contributed by atoms with Crippen molar-refractivity contribution in [2.24, 2.45) is 0 Å². The molecule has 1 aromatic heterocycles. The summed E-state index contributed by atoms with van der Waals surface area (Å²) in [4.78, 5) is 0. The molecule has 1 heterocycles. The van der Waals surface area contributed by atoms with E-state index in [0.717, 1.165) is 10.7 Å². The molecule has 0 saturated carbocycles. The van der Waals surface area contributed by atoms with E-state index in [1.807, 2.05) is 42.5 Å². The molecule has 0 amide bonds. The molecular formula is C18H16N4S. The van der Waals surface area contributed by atoms with E-state index >= 15 is 0 Å². The number of aromatic nitrogens is 3. The van der Waals surface area contributed by atoms with Crippen molar-refractivity contribution in [1.82, 2.24) is 14.8 Å². The maximum atomic E-state index is 9.17. The van der Waals surface area contributed by atoms with Gasteiger partial charge in [0, 0.05) is 5.75 Å². The Kier molecular flexibility index (Phi) is 4.74. The predicted molar refractivity (Wildman–Crippen MR) is 91.0 cm³/mol. The highest BCUT2D eigenvalue weighted by atomic mass is 32.2. The van der Waals surface area contributed by atoms with E-state index in [0.29, 0.717) is 11.3 Å². The largest absolute Gasteiger partial charge is 0.301 e. The summed E-state index contributed by atoms with van der Waals surface area (Å²) in [5.74, 6) is 0.698. The van der Waals surface area contributed by atoms with Gasteiger partial charge in [-0.2, -0.15) is 5.26 Å². The van der Waals surface area contributed by atoms with Gasteiger partial charge in [-0.15, -0.1) is 10.2 Å². The first-order valence-electron chi connectivity index (χ1n) is 7.35. The number of hydrogen-bond donors (Lipinski definition) is 0. The summed E-state index contributed by atoms with van der Waals surface area (Å²) in [5.41, 5.74) is 2.94. The average molecular weight is 320 g/mol. The maximum absolute atomic E-state index is 9.17. The molecule has 0 N–H and O–H groups in total. The van der Waals surface area contributed by atoms with Crippen LogP contribution in [0.3, 0.4) is 0 Å². The number of nitriles is 1. The zero-order chi connectivity index (χ0) is 16.1. The van der Waals surface area contributed by atoms with Gasteiger partial charge in [0.15, 0.2) is 5.16 Å². The maximum Gasteiger partial charge on any atom is 0.191 e. The molecule has 4 nitrogen and oxygen atoms in total. The van der Waals surface area contributed by atoms with Gasteiger partial charge in [0.1, 0.15) is 6.33 Å². The molecule has 0 saturated heterocycles. The highest BCUT2D eigenvalue weighted by Gasteiger charge is 2.14. The Bertz CT molecular complexity index is 820. The molecule has 1 atom stereocenters. The van der Waals surface area contributed by atoms with Crippen LogP contribution in [0.4, 0.5) is 0 Å². The van der Waals surface area contributed by atoms with Crippen LogP contribution in [0.25, 0.3) is 0 Å². The molecule has 0 aliphatic carbocycles. The van der Waals surface area contributed by atoms with Crippen LogP contribution in [0.15, 0.2) is 66.1 Å². The van der Waals surface area contributed by atoms with E-state index in [9.17, 15) is 5.26 Å². The van der Waals surface area contributed by atoms with Crippen molar-refractivity contribution in [3.05, 3.63) is 77.6 Å². The molecule has 0 aliphatic rings. The summed E-state index contributed by atoms with van der Waals surface area (Å²) in [5, 5.41) is 18.3. The van der Waals surface area contributed by atoms with E-state index in [1.165, 1.54) is 5.56 Å². The lowest BCUT2D eigenvalue weighted by Crippen LogP contribution is -2.07. The topological polar surface area (TPSA) is 54.5 Å². The number of nitrogens with zero attached hydrogens (tertiary/aromatic N) is 4. The molecule has 1 unspecified atom stereocenters. The van der Waals surface area contributed by atoms with Crippen molar-refractivity contribution < 1.29 is 0 Å². The van der Waals surface area contributed by atoms with Gasteiger partial charge >= 0.3 is 0 Å². The summed E-state index contributed by atoms with van der Waals surface area (Å²) in [6.45, 7) is 2.13. The summed E-state index contributed by atoms with van der Waals surface area (Å²) in [6, 6.07) is 20.3. The van der Waals surface area contributed by atoms with Crippen LogP contribution in [0.5, 0.6) is 0 Å². The molecule has 2 aromatic carbocycles. The van der Waals surface area contributed by atoms with Crippen molar-refractivity contribution in [1.29, 1.82) is 5.26 Å². The first-order chi connectivity index (χ1) is 11.3. The highest BCUT2D eigenvalue weighted by Crippen LogP contribution is 2.27. The summed E-state index contributed by atoms with van der Waals surface area (Å²) >= 11 is 1.60. The van der Waals surface area contributed by atoms with Crippen LogP contribution in [0, 0.1) is 11.3 Å². The Balaban J connectivity index is 1.78. The van der Waals surface area contributed by atoms with Crippen LogP contribution in [-0.2, 0) is 5.75 Å². The van der Waals surface area contributed by atoms with Gasteiger partial charge in [-0.1, -0.05) is 60.3 Å². The number of rotatable bonds is 5. The molecule has 114 valence electrons. The van der Waals surface area contributed by atoms with E-state index in [4.69, 9.17) is 0 Å². The molecular weight excluding hydrogens is 304 g/mol. The van der Waals surface area contributed by atoms with Gasteiger partial charge in [0.05, 0.1) is 17.7 Å². The Morgan fingerprint density at radius 1 is 1.13 bits per heavy atom. The Hall–Kier alpha value is -2.58. The Labute approximate surface area is 139 Å². The quantitative estimate of drug-likeness (QED) is 0.665. The Morgan fingerprint density at radius 2 is 1.87 bits per heavy atom. The highest BCUT2D eigenvalue weighted by molar-refractivity contribution is 7.98. The second-order valence-electron chi connectivity index (χ2n) is 5.17. The smallest absolute Gasteiger partial charge is 0.191 e. The molecule has 0 spiro atoms. The first kappa shape index (κ1) is 15.3. The number of hydrogen-bond acceptors (Lipinski definition) is 4. The van der Waals surface area contributed by atoms with Gasteiger partial charge in [-0.05, 0) is 24.1 Å². The third-order valence-electron chi connectivity index (χ3n) is 3.73. The standard InChI is InChI=1S/C18H16N4S/c1-14(15-7-3-2-4-8-15)22-13-20-21-18(22)23-12-17-10-6-5-9-16(17)11-19/h2-10,13-14H,12H2,1H3. The zero-order valence-electron chi connectivity index (χ0n) is 12.8. The van der Waals surface area contributed by atoms with Crippen LogP contribution >= 0.6 is 11.8 Å². The molecule has 5 heteroatoms. The fourth-order valence-electron chi connectivity index (χ4n) is 2.39. The minimum atomic E-state index is 0.167. The second kappa shape index (κ2) is 7.12. The van der Waals surface area contributed by atoms with Gasteiger partial charge in [0.2, 0.25) is 0 Å². The third kappa shape index (κ3) is 3.43. The molecule has 3 aromatic rings.